The van der Waals surface area contributed by atoms with Gasteiger partial charge in [-0.15, -0.1) is 0 Å². The summed E-state index contributed by atoms with van der Waals surface area (Å²) in [4.78, 5) is 221. The Morgan fingerprint density at radius 3 is 1.83 bits per heavy atom. The molecule has 0 aromatic heterocycles. The van der Waals surface area contributed by atoms with Crippen molar-refractivity contribution in [2.24, 2.45) is 39.8 Å². The molecule has 39 heteroatoms. The number of carboxylic acid groups (broad SMARTS) is 2. The molecule has 0 aliphatic carbocycles. The van der Waals surface area contributed by atoms with Gasteiger partial charge in [0, 0.05) is 6.54 Å². The number of nitrogens with two attached hydrogens (primary N) is 4. The first-order valence-corrected chi connectivity index (χ1v) is 42.6. The number of carbonyl (C=O) groups excluding carboxylic acids is 13. The predicted octanol–water partition coefficient (Wildman–Crippen LogP) is -6.61. The van der Waals surface area contributed by atoms with E-state index in [1.54, 1.807) is 58.0 Å². The quantitative estimate of drug-likeness (QED) is 0.0160. The molecule has 4 aliphatic heterocycles. The Kier molecular flexibility index (Phi) is 36.5. The fourth-order valence-corrected chi connectivity index (χ4v) is 19.6. The molecule has 13 amide bonds. The zero-order chi connectivity index (χ0) is 78.5. The van der Waals surface area contributed by atoms with Crippen molar-refractivity contribution in [3.63, 3.8) is 0 Å². The summed E-state index contributed by atoms with van der Waals surface area (Å²) in [5, 5.41) is 66.5. The number of hydrogen-bond donors (Lipinski definition) is 18. The predicted molar refractivity (Wildman–Crippen MR) is 384 cm³/mol. The monoisotopic (exact) mass is 1630 g/mol. The van der Waals surface area contributed by atoms with Gasteiger partial charge in [0.1, 0.15) is 6.04 Å². The molecule has 590 valence electrons. The second-order valence-electron chi connectivity index (χ2n) is 26.8. The number of benzene rings is 1. The molecule has 1 aromatic rings. The van der Waals surface area contributed by atoms with Gasteiger partial charge in [-0.05, 0) is 12.3 Å². The Labute approximate surface area is 625 Å². The molecule has 0 saturated carbocycles. The van der Waals surface area contributed by atoms with E-state index < -0.39 is 231 Å². The number of aliphatic imine (C=N–C) groups is 1. The van der Waals surface area contributed by atoms with Gasteiger partial charge in [-0.3, -0.25) is 14.4 Å². The van der Waals surface area contributed by atoms with Crippen molar-refractivity contribution in [1.29, 1.82) is 0 Å². The van der Waals surface area contributed by atoms with Crippen molar-refractivity contribution in [3.8, 4) is 0 Å². The number of aliphatic hydroxyl groups excluding tert-OH is 2. The summed E-state index contributed by atoms with van der Waals surface area (Å²) < 4.78 is 0. The third kappa shape index (κ3) is 26.1. The number of likely N-dealkylation sites (tertiary alicyclic amines) is 1. The molecule has 0 radical (unpaired) electrons. The fraction of sp³-hybridized carbons (Fsp3) is 0.672. The van der Waals surface area contributed by atoms with Crippen molar-refractivity contribution in [1.82, 2.24) is 67.9 Å². The summed E-state index contributed by atoms with van der Waals surface area (Å²) in [7, 11) is 0. The number of nitrogens with zero attached hydrogens (tertiary/aromatic N) is 4. The number of aliphatic hydroxyl groups is 2. The number of unbranched alkanes of at least 4 members (excludes halogenated alkanes) is 1. The number of carboxylic acids is 2. The van der Waals surface area contributed by atoms with Gasteiger partial charge in [0.2, 0.25) is 5.91 Å². The molecular formula is C67H106N18O19Se2. The van der Waals surface area contributed by atoms with E-state index in [4.69, 9.17) is 22.9 Å². The topological polar surface area (TPSA) is 583 Å². The van der Waals surface area contributed by atoms with Crippen LogP contribution in [-0.2, 0) is 78.3 Å². The second-order valence-corrected chi connectivity index (χ2v) is 34.4. The summed E-state index contributed by atoms with van der Waals surface area (Å²) in [5.41, 5.74) is 23.0. The molecule has 5 rings (SSSR count). The minimum atomic E-state index is -1.90. The number of amides is 13. The summed E-state index contributed by atoms with van der Waals surface area (Å²) in [5.74, 6) is -16.2. The number of hydrogen-bond acceptors (Lipinski definition) is 20. The number of nitrogens with one attached hydrogen (secondary N) is 10. The molecule has 22 N–H and O–H groups in total. The van der Waals surface area contributed by atoms with E-state index in [0.717, 1.165) is 11.8 Å². The minimum absolute atomic E-state index is 0.00150. The van der Waals surface area contributed by atoms with Gasteiger partial charge in [0.25, 0.3) is 0 Å². The van der Waals surface area contributed by atoms with E-state index in [2.05, 4.69) is 58.2 Å². The maximum atomic E-state index is 15.3. The molecular weight excluding hydrogens is 1520 g/mol. The van der Waals surface area contributed by atoms with Crippen LogP contribution >= 0.6 is 0 Å². The zero-order valence-electron chi connectivity index (χ0n) is 60.4. The normalized spacial score (nSPS) is 25.2. The van der Waals surface area contributed by atoms with Crippen LogP contribution in [0.15, 0.2) is 35.3 Å². The Hall–Kier alpha value is -8.58. The van der Waals surface area contributed by atoms with Gasteiger partial charge in [0.15, 0.2) is 0 Å². The van der Waals surface area contributed by atoms with Crippen LogP contribution in [0.4, 0.5) is 0 Å². The van der Waals surface area contributed by atoms with Gasteiger partial charge >= 0.3 is 532 Å². The third-order valence-corrected chi connectivity index (χ3v) is 26.1. The van der Waals surface area contributed by atoms with Gasteiger partial charge in [-0.2, -0.15) is 0 Å². The van der Waals surface area contributed by atoms with Crippen LogP contribution in [0.2, 0.25) is 10.6 Å². The number of carbonyl (C=O) groups is 15. The van der Waals surface area contributed by atoms with E-state index >= 15 is 14.4 Å². The molecule has 1 aromatic carbocycles. The van der Waals surface area contributed by atoms with E-state index in [0.29, 0.717) is 31.2 Å². The van der Waals surface area contributed by atoms with E-state index in [1.165, 1.54) is 9.80 Å². The van der Waals surface area contributed by atoms with Gasteiger partial charge < -0.3 is 26.4 Å². The van der Waals surface area contributed by atoms with Crippen molar-refractivity contribution in [2.45, 2.75) is 226 Å². The van der Waals surface area contributed by atoms with Gasteiger partial charge in [-0.1, -0.05) is 20.3 Å². The molecule has 4 aliphatic rings. The van der Waals surface area contributed by atoms with Crippen molar-refractivity contribution < 1.29 is 92.3 Å². The fourth-order valence-electron chi connectivity index (χ4n) is 12.6. The molecule has 37 nitrogen and oxygen atoms in total. The first-order chi connectivity index (χ1) is 50.4. The van der Waals surface area contributed by atoms with E-state index in [-0.39, 0.29) is 114 Å². The number of aliphatic carboxylic acids is 2. The van der Waals surface area contributed by atoms with Crippen LogP contribution < -0.4 is 76.1 Å². The molecule has 106 heavy (non-hydrogen) atoms. The van der Waals surface area contributed by atoms with Gasteiger partial charge in [-0.25, -0.2) is 4.79 Å². The van der Waals surface area contributed by atoms with Crippen LogP contribution in [0.3, 0.4) is 0 Å². The number of guanidine groups is 1. The Bertz CT molecular complexity index is 3280. The van der Waals surface area contributed by atoms with E-state index in [9.17, 15) is 78.0 Å². The number of rotatable bonds is 28. The first-order valence-electron chi connectivity index (χ1n) is 35.8. The Balaban J connectivity index is 1.65. The second kappa shape index (κ2) is 43.9. The van der Waals surface area contributed by atoms with Crippen LogP contribution in [0, 0.1) is 11.8 Å². The Morgan fingerprint density at radius 1 is 0.632 bits per heavy atom. The SMILES string of the molecule is CC[C@H](C)[C@@H]1NC(=O)[C@@H]2CCCN2C(=O)[C@@H]2CCCN2C(=O)[C@@H]([C@@H](C)CC)NC(=O)[C@H](CO)NC(=O)[C@H](CCCCN)NC(=O)[C@H]([C@@H](C)O)NC(=O)[C@@H](NC(=O)[C@H](CCCN=C(N)N)NC(=O)CN)C[Se][Se]C[C@@H](C(=O)N[C@@H](Cc2ccccc2)C(=O)N2CCC[C@H]2C(=O)N[C@@H](CC(=O)O)C(=O)O)NC1=O. The standard InChI is InChI=1S/C67H106N18O19Se2/c1-6-35(3)51-61(98)79-44(57(94)75-41(29-38-17-9-8-10-18-38)63(100)83-26-14-21-46(83)59(96)76-42(66(103)104)30-50(89)90)33-105-106-34-45(78-54(91)39(73-49(88)31-69)20-13-25-72-67(70)71)58(95)82-53(37(5)87)62(99)74-40(19-11-12-24-68)55(92)77-43(32-86)56(93)81-52(36(4)7-2)65(102)85-28-16-23-48(85)64(101)84-27-15-22-47(84)60(97)80-51/h8-10,17-18,35-37,39-48,51-53,86-87H,6-7,11-16,19-34,68-69H2,1-5H3,(H,73,88)(H,74,99)(H,75,94)(H,76,96)(H,77,92)(H,78,91)(H,79,98)(H,80,97)(H,81,93)(H,82,95)(H,89,90)(H,103,104)(H4,70,71,72)/t35-,36-,37+,39-,40-,41-,42-,43-,44-,45-,46-,47-,48-,51-,52+,53-/m0/s1. The first kappa shape index (κ1) is 88.1. The van der Waals surface area contributed by atoms with Crippen LogP contribution in [-0.4, -0.2) is 287 Å². The van der Waals surface area contributed by atoms with E-state index in [1.807, 2.05) is 0 Å². The molecule has 0 spiro atoms. The third-order valence-electron chi connectivity index (χ3n) is 19.0. The van der Waals surface area contributed by atoms with Crippen molar-refractivity contribution >= 4 is 121 Å². The molecule has 4 fully saturated rings. The summed E-state index contributed by atoms with van der Waals surface area (Å²) in [6.45, 7) is 6.68. The van der Waals surface area contributed by atoms with Gasteiger partial charge in [0.05, 0.1) is 0 Å². The maximum absolute atomic E-state index is 15.3. The Morgan fingerprint density at radius 2 is 1.22 bits per heavy atom. The molecule has 0 bridgehead atoms. The van der Waals surface area contributed by atoms with Crippen LogP contribution in [0.5, 0.6) is 0 Å². The molecule has 4 heterocycles. The zero-order valence-corrected chi connectivity index (χ0v) is 63.8. The summed E-state index contributed by atoms with van der Waals surface area (Å²) in [6.07, 6.45) is -0.664. The average Bonchev–Trinajstić information content (AvgIpc) is 1.61. The van der Waals surface area contributed by atoms with Crippen LogP contribution in [0.1, 0.15) is 130 Å². The molecule has 0 unspecified atom stereocenters. The number of fused-ring (bicyclic) bond motifs is 2. The van der Waals surface area contributed by atoms with Crippen molar-refractivity contribution in [2.75, 3.05) is 45.9 Å². The average molecular weight is 1630 g/mol. The van der Waals surface area contributed by atoms with Crippen molar-refractivity contribution in [3.05, 3.63) is 35.9 Å². The molecule has 16 atom stereocenters. The molecule has 4 saturated heterocycles. The summed E-state index contributed by atoms with van der Waals surface area (Å²) in [6, 6.07) is -11.1. The van der Waals surface area contributed by atoms with Crippen LogP contribution in [0.25, 0.3) is 0 Å². The summed E-state index contributed by atoms with van der Waals surface area (Å²) >= 11 is -1.69.